The Kier molecular flexibility index (Phi) is 10.2. The van der Waals surface area contributed by atoms with E-state index in [1.807, 2.05) is 12.1 Å². The number of aliphatic hydroxyl groups excluding tert-OH is 1. The van der Waals surface area contributed by atoms with Crippen molar-refractivity contribution in [1.82, 2.24) is 10.6 Å². The highest BCUT2D eigenvalue weighted by Crippen LogP contribution is 2.33. The molecule has 0 amide bonds. The molecule has 0 fully saturated rings. The van der Waals surface area contributed by atoms with Crippen LogP contribution in [0, 0.1) is 0 Å². The van der Waals surface area contributed by atoms with E-state index in [2.05, 4.69) is 33.5 Å². The molecule has 0 atom stereocenters. The van der Waals surface area contributed by atoms with Gasteiger partial charge in [0.1, 0.15) is 0 Å². The van der Waals surface area contributed by atoms with Gasteiger partial charge in [-0.05, 0) is 43.6 Å². The first-order chi connectivity index (χ1) is 10.7. The van der Waals surface area contributed by atoms with Crippen molar-refractivity contribution in [3.63, 3.8) is 0 Å². The molecule has 126 valence electrons. The van der Waals surface area contributed by atoms with Gasteiger partial charge in [-0.2, -0.15) is 0 Å². The normalized spacial score (nSPS) is 10.7. The Morgan fingerprint density at radius 2 is 1.91 bits per heavy atom. The Labute approximate surface area is 141 Å². The van der Waals surface area contributed by atoms with Crippen molar-refractivity contribution >= 4 is 15.9 Å². The fraction of sp³-hybridized carbons (Fsp3) is 0.625. The van der Waals surface area contributed by atoms with E-state index in [-0.39, 0.29) is 6.61 Å². The number of halogens is 1. The smallest absolute Gasteiger partial charge is 0.162 e. The summed E-state index contributed by atoms with van der Waals surface area (Å²) < 4.78 is 12.1. The van der Waals surface area contributed by atoms with Crippen LogP contribution < -0.4 is 20.1 Å². The van der Waals surface area contributed by atoms with E-state index >= 15 is 0 Å². The second-order valence-corrected chi connectivity index (χ2v) is 5.80. The first-order valence-corrected chi connectivity index (χ1v) is 8.53. The van der Waals surface area contributed by atoms with Crippen LogP contribution in [-0.4, -0.2) is 45.1 Å². The molecular formula is C16H27BrN2O3. The lowest BCUT2D eigenvalue weighted by Crippen LogP contribution is -2.24. The quantitative estimate of drug-likeness (QED) is 0.490. The van der Waals surface area contributed by atoms with Crippen LogP contribution in [0.15, 0.2) is 16.6 Å². The van der Waals surface area contributed by atoms with Crippen molar-refractivity contribution in [3.05, 3.63) is 22.2 Å². The van der Waals surface area contributed by atoms with Gasteiger partial charge in [0.2, 0.25) is 0 Å². The maximum Gasteiger partial charge on any atom is 0.162 e. The Balaban J connectivity index is 2.46. The minimum absolute atomic E-state index is 0.187. The fourth-order valence-corrected chi connectivity index (χ4v) is 2.43. The molecule has 0 aliphatic carbocycles. The first kappa shape index (κ1) is 19.2. The van der Waals surface area contributed by atoms with Crippen LogP contribution in [0.5, 0.6) is 11.5 Å². The number of rotatable bonds is 12. The molecular weight excluding hydrogens is 348 g/mol. The van der Waals surface area contributed by atoms with Crippen molar-refractivity contribution in [2.24, 2.45) is 0 Å². The summed E-state index contributed by atoms with van der Waals surface area (Å²) in [7, 11) is 1.66. The molecule has 6 heteroatoms. The summed E-state index contributed by atoms with van der Waals surface area (Å²) in [5.74, 6) is 1.53. The second-order valence-electron chi connectivity index (χ2n) is 4.95. The summed E-state index contributed by atoms with van der Waals surface area (Å²) in [4.78, 5) is 0. The Morgan fingerprint density at radius 3 is 2.59 bits per heavy atom. The average molecular weight is 375 g/mol. The molecule has 0 radical (unpaired) electrons. The highest BCUT2D eigenvalue weighted by atomic mass is 79.9. The van der Waals surface area contributed by atoms with Crippen molar-refractivity contribution in [2.75, 3.05) is 40.0 Å². The molecule has 0 saturated carbocycles. The lowest BCUT2D eigenvalue weighted by molar-refractivity contribution is 0.292. The van der Waals surface area contributed by atoms with Gasteiger partial charge in [0.05, 0.1) is 20.3 Å². The molecule has 3 N–H and O–H groups in total. The molecule has 1 aromatic carbocycles. The molecule has 0 saturated heterocycles. The predicted molar refractivity (Wildman–Crippen MR) is 92.8 cm³/mol. The standard InChI is InChI=1S/C16H27BrN2O3/c1-3-9-22-16-11-14(17)13(10-15(16)21-2)12-19-6-4-5-18-7-8-20/h10-11,18-20H,3-9,12H2,1-2H3. The molecule has 5 nitrogen and oxygen atoms in total. The zero-order chi connectivity index (χ0) is 16.2. The number of hydrogen-bond acceptors (Lipinski definition) is 5. The summed E-state index contributed by atoms with van der Waals surface area (Å²) in [6.07, 6.45) is 1.99. The predicted octanol–water partition coefficient (Wildman–Crippen LogP) is 2.31. The number of hydrogen-bond donors (Lipinski definition) is 3. The lowest BCUT2D eigenvalue weighted by Gasteiger charge is -2.14. The third-order valence-electron chi connectivity index (χ3n) is 3.11. The van der Waals surface area contributed by atoms with Crippen molar-refractivity contribution < 1.29 is 14.6 Å². The van der Waals surface area contributed by atoms with E-state index in [0.717, 1.165) is 54.0 Å². The van der Waals surface area contributed by atoms with E-state index in [1.54, 1.807) is 7.11 Å². The van der Waals surface area contributed by atoms with Crippen molar-refractivity contribution in [2.45, 2.75) is 26.3 Å². The topological polar surface area (TPSA) is 62.8 Å². The average Bonchev–Trinajstić information content (AvgIpc) is 2.53. The molecule has 1 rings (SSSR count). The summed E-state index contributed by atoms with van der Waals surface area (Å²) in [6, 6.07) is 3.97. The molecule has 0 spiro atoms. The molecule has 0 unspecified atom stereocenters. The van der Waals surface area contributed by atoms with Crippen LogP contribution in [0.25, 0.3) is 0 Å². The van der Waals surface area contributed by atoms with Gasteiger partial charge in [-0.1, -0.05) is 22.9 Å². The minimum atomic E-state index is 0.187. The fourth-order valence-electron chi connectivity index (χ4n) is 1.96. The van der Waals surface area contributed by atoms with Gasteiger partial charge < -0.3 is 25.2 Å². The van der Waals surface area contributed by atoms with Gasteiger partial charge in [0.25, 0.3) is 0 Å². The molecule has 0 heterocycles. The Bertz CT molecular complexity index is 430. The van der Waals surface area contributed by atoms with E-state index in [0.29, 0.717) is 13.2 Å². The summed E-state index contributed by atoms with van der Waals surface area (Å²) >= 11 is 3.59. The third kappa shape index (κ3) is 6.96. The van der Waals surface area contributed by atoms with Crippen LogP contribution in [-0.2, 0) is 6.54 Å². The number of aliphatic hydroxyl groups is 1. The highest BCUT2D eigenvalue weighted by molar-refractivity contribution is 9.10. The molecule has 0 aliphatic rings. The lowest BCUT2D eigenvalue weighted by atomic mass is 10.2. The molecule has 0 aliphatic heterocycles. The Hall–Kier alpha value is -0.820. The maximum absolute atomic E-state index is 8.67. The van der Waals surface area contributed by atoms with Gasteiger partial charge in [0, 0.05) is 17.6 Å². The van der Waals surface area contributed by atoms with Gasteiger partial charge in [0.15, 0.2) is 11.5 Å². The van der Waals surface area contributed by atoms with Crippen LogP contribution in [0.1, 0.15) is 25.3 Å². The number of benzene rings is 1. The van der Waals surface area contributed by atoms with Gasteiger partial charge in [-0.3, -0.25) is 0 Å². The van der Waals surface area contributed by atoms with Crippen molar-refractivity contribution in [1.29, 1.82) is 0 Å². The number of nitrogens with one attached hydrogen (secondary N) is 2. The van der Waals surface area contributed by atoms with Crippen molar-refractivity contribution in [3.8, 4) is 11.5 Å². The van der Waals surface area contributed by atoms with Gasteiger partial charge in [-0.15, -0.1) is 0 Å². The SMILES string of the molecule is CCCOc1cc(Br)c(CNCCCNCCO)cc1OC. The van der Waals surface area contributed by atoms with Crippen LogP contribution >= 0.6 is 15.9 Å². The second kappa shape index (κ2) is 11.7. The Morgan fingerprint density at radius 1 is 1.14 bits per heavy atom. The van der Waals surface area contributed by atoms with Gasteiger partial charge >= 0.3 is 0 Å². The van der Waals surface area contributed by atoms with E-state index in [9.17, 15) is 0 Å². The molecule has 0 bridgehead atoms. The first-order valence-electron chi connectivity index (χ1n) is 7.74. The minimum Gasteiger partial charge on any atom is -0.493 e. The zero-order valence-corrected chi connectivity index (χ0v) is 15.0. The highest BCUT2D eigenvalue weighted by Gasteiger charge is 2.10. The number of ether oxygens (including phenoxy) is 2. The van der Waals surface area contributed by atoms with Crippen LogP contribution in [0.3, 0.4) is 0 Å². The van der Waals surface area contributed by atoms with E-state index < -0.39 is 0 Å². The monoisotopic (exact) mass is 374 g/mol. The van der Waals surface area contributed by atoms with Crippen LogP contribution in [0.4, 0.5) is 0 Å². The summed E-state index contributed by atoms with van der Waals surface area (Å²) in [5.41, 5.74) is 1.14. The van der Waals surface area contributed by atoms with E-state index in [1.165, 1.54) is 0 Å². The third-order valence-corrected chi connectivity index (χ3v) is 3.84. The molecule has 1 aromatic rings. The molecule has 22 heavy (non-hydrogen) atoms. The molecule has 0 aromatic heterocycles. The number of methoxy groups -OCH3 is 1. The largest absolute Gasteiger partial charge is 0.493 e. The van der Waals surface area contributed by atoms with Crippen LogP contribution in [0.2, 0.25) is 0 Å². The van der Waals surface area contributed by atoms with E-state index in [4.69, 9.17) is 14.6 Å². The van der Waals surface area contributed by atoms with Gasteiger partial charge in [-0.25, -0.2) is 0 Å². The zero-order valence-electron chi connectivity index (χ0n) is 13.5. The maximum atomic E-state index is 8.67. The summed E-state index contributed by atoms with van der Waals surface area (Å²) in [5, 5.41) is 15.2. The summed E-state index contributed by atoms with van der Waals surface area (Å²) in [6.45, 7) is 6.19.